The van der Waals surface area contributed by atoms with Gasteiger partial charge in [-0.2, -0.15) is 0 Å². The minimum absolute atomic E-state index is 0.0971. The zero-order valence-corrected chi connectivity index (χ0v) is 31.0. The molecule has 0 aromatic carbocycles. The molecule has 3 aliphatic heterocycles. The smallest absolute Gasteiger partial charge is 0.317 e. The van der Waals surface area contributed by atoms with Crippen molar-refractivity contribution in [1.29, 1.82) is 0 Å². The summed E-state index contributed by atoms with van der Waals surface area (Å²) in [7, 11) is 1.72. The summed E-state index contributed by atoms with van der Waals surface area (Å²) in [5.74, 6) is -0.433. The highest BCUT2D eigenvalue weighted by Crippen LogP contribution is 2.25. The van der Waals surface area contributed by atoms with E-state index in [2.05, 4.69) is 26.6 Å². The van der Waals surface area contributed by atoms with Gasteiger partial charge in [0.1, 0.15) is 6.04 Å². The van der Waals surface area contributed by atoms with Crippen molar-refractivity contribution >= 4 is 36.2 Å². The number of likely N-dealkylation sites (tertiary alicyclic amines) is 1. The number of fused-ring (bicyclic) bond motifs is 1. The van der Waals surface area contributed by atoms with Gasteiger partial charge in [-0.15, -0.1) is 0 Å². The number of hydrogen-bond donors (Lipinski definition) is 5. The number of unbranched alkanes of at least 4 members (excludes halogenated alkanes) is 3. The molecule has 0 aromatic heterocycles. The summed E-state index contributed by atoms with van der Waals surface area (Å²) in [5.41, 5.74) is 0. The van der Waals surface area contributed by atoms with Crippen LogP contribution in [0.3, 0.4) is 0 Å². The molecule has 15 heteroatoms. The third kappa shape index (κ3) is 12.3. The molecule has 3 aliphatic rings. The van der Waals surface area contributed by atoms with Crippen LogP contribution in [0.4, 0.5) is 9.59 Å². The number of hydrogen-bond acceptors (Lipinski definition) is 7. The predicted octanol–water partition coefficient (Wildman–Crippen LogP) is 1.37. The number of urea groups is 2. The second kappa shape index (κ2) is 20.9. The van der Waals surface area contributed by atoms with E-state index < -0.39 is 6.04 Å². The molecular formula is C35H63N9O6. The Morgan fingerprint density at radius 3 is 2.38 bits per heavy atom. The van der Waals surface area contributed by atoms with Crippen molar-refractivity contribution in [2.24, 2.45) is 0 Å². The van der Waals surface area contributed by atoms with E-state index in [0.717, 1.165) is 64.2 Å². The van der Waals surface area contributed by atoms with Gasteiger partial charge in [-0.1, -0.05) is 19.8 Å². The first-order chi connectivity index (χ1) is 24.0. The van der Waals surface area contributed by atoms with Crippen LogP contribution in [-0.2, 0) is 19.2 Å². The number of carbonyl (C=O) groups is 6. The largest absolute Gasteiger partial charge is 0.351 e. The third-order valence-corrected chi connectivity index (χ3v) is 10.4. The molecule has 15 nitrogen and oxygen atoms in total. The molecule has 3 fully saturated rings. The lowest BCUT2D eigenvalue weighted by atomic mass is 10.1. The number of nitrogens with one attached hydrogen (secondary N) is 5. The molecule has 50 heavy (non-hydrogen) atoms. The highest BCUT2D eigenvalue weighted by molar-refractivity contribution is 5.89. The maximum Gasteiger partial charge on any atom is 0.317 e. The number of nitrogens with zero attached hydrogens (tertiary/aromatic N) is 4. The van der Waals surface area contributed by atoms with Crippen molar-refractivity contribution in [3.05, 3.63) is 0 Å². The molecule has 3 saturated heterocycles. The van der Waals surface area contributed by atoms with Gasteiger partial charge in [0.05, 0.1) is 12.6 Å². The average Bonchev–Trinajstić information content (AvgIpc) is 3.72. The van der Waals surface area contributed by atoms with Gasteiger partial charge in [-0.05, 0) is 79.2 Å². The molecule has 8 amide bonds. The summed E-state index contributed by atoms with van der Waals surface area (Å²) in [6.45, 7) is 10.7. The SMILES string of the molecule is CCC(=O)N[C@@H]1CN(C(=O)NCCCCCCNC(=O)N(CC[C@H]2CCC(C)N2C=O)CC(C)NC(=O)C(C)NC)CC[C@@H]2CCCN2C1=O. The summed E-state index contributed by atoms with van der Waals surface area (Å²) in [4.78, 5) is 82.8. The number of amides is 8. The molecule has 6 atom stereocenters. The molecule has 0 aromatic rings. The second-order valence-electron chi connectivity index (χ2n) is 14.2. The van der Waals surface area contributed by atoms with E-state index in [-0.39, 0.29) is 73.0 Å². The van der Waals surface area contributed by atoms with Crippen LogP contribution >= 0.6 is 0 Å². The number of carbonyl (C=O) groups excluding carboxylic acids is 6. The van der Waals surface area contributed by atoms with Gasteiger partial charge in [0.15, 0.2) is 0 Å². The molecule has 5 N–H and O–H groups in total. The molecule has 0 bridgehead atoms. The molecule has 3 rings (SSSR count). The molecule has 0 spiro atoms. The highest BCUT2D eigenvalue weighted by Gasteiger charge is 2.38. The maximum absolute atomic E-state index is 13.3. The van der Waals surface area contributed by atoms with Crippen LogP contribution in [0, 0.1) is 0 Å². The van der Waals surface area contributed by atoms with Crippen LogP contribution in [0.1, 0.15) is 98.3 Å². The Morgan fingerprint density at radius 1 is 0.980 bits per heavy atom. The van der Waals surface area contributed by atoms with Gasteiger partial charge >= 0.3 is 12.1 Å². The fourth-order valence-electron chi connectivity index (χ4n) is 7.16. The van der Waals surface area contributed by atoms with Crippen LogP contribution < -0.4 is 26.6 Å². The van der Waals surface area contributed by atoms with Gasteiger partial charge in [-0.25, -0.2) is 9.59 Å². The summed E-state index contributed by atoms with van der Waals surface area (Å²) >= 11 is 0. The van der Waals surface area contributed by atoms with E-state index in [1.165, 1.54) is 0 Å². The highest BCUT2D eigenvalue weighted by atomic mass is 16.2. The number of rotatable bonds is 18. The van der Waals surface area contributed by atoms with Gasteiger partial charge in [0, 0.05) is 69.9 Å². The van der Waals surface area contributed by atoms with Crippen molar-refractivity contribution in [2.75, 3.05) is 52.9 Å². The van der Waals surface area contributed by atoms with E-state index in [1.54, 1.807) is 30.7 Å². The lowest BCUT2D eigenvalue weighted by Crippen LogP contribution is -2.59. The Hall–Kier alpha value is -3.62. The molecule has 0 aliphatic carbocycles. The predicted molar refractivity (Wildman–Crippen MR) is 191 cm³/mol. The van der Waals surface area contributed by atoms with Crippen molar-refractivity contribution in [1.82, 2.24) is 46.2 Å². The zero-order chi connectivity index (χ0) is 36.6. The first-order valence-corrected chi connectivity index (χ1v) is 18.8. The average molecular weight is 706 g/mol. The monoisotopic (exact) mass is 705 g/mol. The van der Waals surface area contributed by atoms with E-state index in [0.29, 0.717) is 45.7 Å². The topological polar surface area (TPSA) is 176 Å². The summed E-state index contributed by atoms with van der Waals surface area (Å²) in [6.07, 6.45) is 9.62. The van der Waals surface area contributed by atoms with E-state index in [9.17, 15) is 28.8 Å². The normalized spacial score (nSPS) is 23.3. The van der Waals surface area contributed by atoms with Crippen molar-refractivity contribution in [3.8, 4) is 0 Å². The number of likely N-dealkylation sites (N-methyl/N-ethyl adjacent to an activating group) is 1. The Balaban J connectivity index is 1.40. The molecule has 284 valence electrons. The van der Waals surface area contributed by atoms with Gasteiger partial charge in [-0.3, -0.25) is 19.2 Å². The lowest BCUT2D eigenvalue weighted by Gasteiger charge is -2.36. The van der Waals surface area contributed by atoms with Gasteiger partial charge < -0.3 is 46.2 Å². The van der Waals surface area contributed by atoms with Crippen LogP contribution in [0.25, 0.3) is 0 Å². The summed E-state index contributed by atoms with van der Waals surface area (Å²) < 4.78 is 0. The first kappa shape index (κ1) is 40.8. The molecular weight excluding hydrogens is 642 g/mol. The van der Waals surface area contributed by atoms with Crippen LogP contribution in [0.15, 0.2) is 0 Å². The Morgan fingerprint density at radius 2 is 1.70 bits per heavy atom. The maximum atomic E-state index is 13.3. The molecule has 0 radical (unpaired) electrons. The second-order valence-corrected chi connectivity index (χ2v) is 14.2. The zero-order valence-electron chi connectivity index (χ0n) is 31.0. The summed E-state index contributed by atoms with van der Waals surface area (Å²) in [5, 5.41) is 14.7. The van der Waals surface area contributed by atoms with E-state index in [1.807, 2.05) is 23.6 Å². The molecule has 0 saturated carbocycles. The van der Waals surface area contributed by atoms with Crippen LogP contribution in [0.5, 0.6) is 0 Å². The van der Waals surface area contributed by atoms with E-state index in [4.69, 9.17) is 0 Å². The Labute approximate surface area is 298 Å². The van der Waals surface area contributed by atoms with Crippen molar-refractivity contribution in [2.45, 2.75) is 135 Å². The van der Waals surface area contributed by atoms with Gasteiger partial charge in [0.2, 0.25) is 24.1 Å². The van der Waals surface area contributed by atoms with Crippen molar-refractivity contribution in [3.63, 3.8) is 0 Å². The van der Waals surface area contributed by atoms with Gasteiger partial charge in [0.25, 0.3) is 0 Å². The third-order valence-electron chi connectivity index (χ3n) is 10.4. The lowest BCUT2D eigenvalue weighted by molar-refractivity contribution is -0.138. The Kier molecular flexibility index (Phi) is 17.1. The van der Waals surface area contributed by atoms with E-state index >= 15 is 0 Å². The minimum Gasteiger partial charge on any atom is -0.351 e. The van der Waals surface area contributed by atoms with Crippen LogP contribution in [0.2, 0.25) is 0 Å². The molecule has 3 unspecified atom stereocenters. The van der Waals surface area contributed by atoms with Crippen LogP contribution in [-0.4, -0.2) is 145 Å². The van der Waals surface area contributed by atoms with Crippen molar-refractivity contribution < 1.29 is 28.8 Å². The fourth-order valence-corrected chi connectivity index (χ4v) is 7.16. The fraction of sp³-hybridized carbons (Fsp3) is 0.829. The first-order valence-electron chi connectivity index (χ1n) is 18.8. The summed E-state index contributed by atoms with van der Waals surface area (Å²) in [6, 6.07) is -1.34. The quantitative estimate of drug-likeness (QED) is 0.106. The minimum atomic E-state index is -0.735. The standard InChI is InChI=1S/C35H63N9O6/c1-6-31(46)40-30-23-42(21-15-28-12-11-19-43(28)33(30)48)35(50)38-18-10-8-7-9-17-37-34(49)41(22-25(2)39-32(47)27(4)36-5)20-16-29-14-13-26(3)44(29)24-45/h24-30,36H,6-23H2,1-5H3,(H,37,49)(H,38,50)(H,39,47)(H,40,46)/t25?,26?,27?,28-,29+,30+/m0/s1. The Bertz CT molecular complexity index is 1140. The molecule has 3 heterocycles.